The normalized spacial score (nSPS) is 11.3. The Hall–Kier alpha value is -2.34. The topological polar surface area (TPSA) is 46.2 Å². The maximum Gasteiger partial charge on any atom is 0.416 e. The summed E-state index contributed by atoms with van der Waals surface area (Å²) in [7, 11) is 0. The third kappa shape index (κ3) is 6.71. The Kier molecular flexibility index (Phi) is 7.02. The summed E-state index contributed by atoms with van der Waals surface area (Å²) in [5.74, 6) is -0.554. The summed E-state index contributed by atoms with van der Waals surface area (Å²) in [6.45, 7) is 1.52. The first kappa shape index (κ1) is 21.0. The summed E-state index contributed by atoms with van der Waals surface area (Å²) < 4.78 is 38.5. The van der Waals surface area contributed by atoms with Gasteiger partial charge in [-0.15, -0.1) is 0 Å². The van der Waals surface area contributed by atoms with Crippen LogP contribution in [0.2, 0.25) is 5.02 Å². The molecule has 1 amide bonds. The van der Waals surface area contributed by atoms with E-state index in [9.17, 15) is 22.8 Å². The third-order valence-corrected chi connectivity index (χ3v) is 4.16. The predicted molar refractivity (Wildman–Crippen MR) is 99.1 cm³/mol. The Bertz CT molecular complexity index is 817. The number of Topliss-reactive ketones (excluding diaryl/α,β-unsaturated/α-hetero) is 1. The largest absolute Gasteiger partial charge is 0.416 e. The maximum atomic E-state index is 12.8. The van der Waals surface area contributed by atoms with E-state index in [1.165, 1.54) is 13.0 Å². The number of carbonyl (C=O) groups is 2. The van der Waals surface area contributed by atoms with E-state index in [1.807, 2.05) is 0 Å². The van der Waals surface area contributed by atoms with Crippen molar-refractivity contribution in [3.05, 3.63) is 64.2 Å². The molecule has 0 fully saturated rings. The fourth-order valence-corrected chi connectivity index (χ4v) is 2.71. The molecular weight excluding hydrogens is 379 g/mol. The monoisotopic (exact) mass is 397 g/mol. The van der Waals surface area contributed by atoms with E-state index in [0.29, 0.717) is 29.1 Å². The first-order chi connectivity index (χ1) is 12.6. The highest BCUT2D eigenvalue weighted by Gasteiger charge is 2.31. The average molecular weight is 398 g/mol. The van der Waals surface area contributed by atoms with Crippen molar-refractivity contribution in [2.24, 2.45) is 0 Å². The highest BCUT2D eigenvalue weighted by atomic mass is 35.5. The molecule has 0 bridgehead atoms. The van der Waals surface area contributed by atoms with Gasteiger partial charge in [-0.1, -0.05) is 11.6 Å². The van der Waals surface area contributed by atoms with Crippen LogP contribution in [0.15, 0.2) is 42.5 Å². The van der Waals surface area contributed by atoms with Crippen molar-refractivity contribution in [2.45, 2.75) is 38.8 Å². The molecule has 0 saturated carbocycles. The molecule has 0 aliphatic heterocycles. The van der Waals surface area contributed by atoms with Crippen LogP contribution >= 0.6 is 11.6 Å². The molecule has 27 heavy (non-hydrogen) atoms. The predicted octanol–water partition coefficient (Wildman–Crippen LogP) is 6.05. The number of rotatable bonds is 7. The van der Waals surface area contributed by atoms with E-state index >= 15 is 0 Å². The number of unbranched alkanes of at least 4 members (excludes halogenated alkanes) is 1. The zero-order valence-electron chi connectivity index (χ0n) is 14.7. The fourth-order valence-electron chi connectivity index (χ4n) is 2.58. The smallest absolute Gasteiger partial charge is 0.326 e. The second-order valence-electron chi connectivity index (χ2n) is 6.27. The number of anilines is 1. The number of hydrogen-bond donors (Lipinski definition) is 1. The SMILES string of the molecule is Cc1cc(C(=O)CCCCC(=O)Nc2ccc(Cl)cc2)cc(C(F)(F)F)c1. The summed E-state index contributed by atoms with van der Waals surface area (Å²) in [6.07, 6.45) is -3.29. The standard InChI is InChI=1S/C20H19ClF3NO2/c1-13-10-14(12-15(11-13)20(22,23)24)18(26)4-2-3-5-19(27)25-17-8-6-16(21)7-9-17/h6-12H,2-5H2,1H3,(H,25,27). The Morgan fingerprint density at radius 3 is 2.26 bits per heavy atom. The lowest BCUT2D eigenvalue weighted by Gasteiger charge is -2.10. The van der Waals surface area contributed by atoms with Gasteiger partial charge >= 0.3 is 6.18 Å². The summed E-state index contributed by atoms with van der Waals surface area (Å²) in [5, 5.41) is 3.28. The lowest BCUT2D eigenvalue weighted by atomic mass is 10.00. The number of aryl methyl sites for hydroxylation is 1. The van der Waals surface area contributed by atoms with Crippen LogP contribution in [-0.2, 0) is 11.0 Å². The zero-order valence-corrected chi connectivity index (χ0v) is 15.5. The van der Waals surface area contributed by atoms with Crippen molar-refractivity contribution >= 4 is 29.0 Å². The quantitative estimate of drug-likeness (QED) is 0.456. The summed E-state index contributed by atoms with van der Waals surface area (Å²) in [5.41, 5.74) is 0.233. The maximum absolute atomic E-state index is 12.8. The van der Waals surface area contributed by atoms with Crippen LogP contribution in [0.1, 0.15) is 47.2 Å². The molecule has 3 nitrogen and oxygen atoms in total. The molecule has 144 valence electrons. The molecule has 0 spiro atoms. The van der Waals surface area contributed by atoms with Gasteiger partial charge in [0.1, 0.15) is 0 Å². The van der Waals surface area contributed by atoms with Crippen LogP contribution in [0.4, 0.5) is 18.9 Å². The van der Waals surface area contributed by atoms with Gasteiger partial charge in [-0.05, 0) is 67.8 Å². The van der Waals surface area contributed by atoms with Gasteiger partial charge in [0.25, 0.3) is 0 Å². The van der Waals surface area contributed by atoms with Crippen molar-refractivity contribution in [3.63, 3.8) is 0 Å². The van der Waals surface area contributed by atoms with Crippen molar-refractivity contribution in [3.8, 4) is 0 Å². The fraction of sp³-hybridized carbons (Fsp3) is 0.300. The minimum atomic E-state index is -4.49. The van der Waals surface area contributed by atoms with E-state index in [4.69, 9.17) is 11.6 Å². The molecule has 0 radical (unpaired) electrons. The number of benzene rings is 2. The molecule has 7 heteroatoms. The first-order valence-corrected chi connectivity index (χ1v) is 8.80. The molecule has 0 aromatic heterocycles. The molecule has 0 atom stereocenters. The minimum Gasteiger partial charge on any atom is -0.326 e. The number of halogens is 4. The Morgan fingerprint density at radius 2 is 1.63 bits per heavy atom. The van der Waals surface area contributed by atoms with Crippen molar-refractivity contribution in [2.75, 3.05) is 5.32 Å². The highest BCUT2D eigenvalue weighted by Crippen LogP contribution is 2.31. The number of ketones is 1. The number of nitrogens with one attached hydrogen (secondary N) is 1. The molecule has 0 saturated heterocycles. The van der Waals surface area contributed by atoms with Gasteiger partial charge in [-0.2, -0.15) is 13.2 Å². The van der Waals surface area contributed by atoms with Crippen LogP contribution in [0.5, 0.6) is 0 Å². The average Bonchev–Trinajstić information content (AvgIpc) is 2.59. The lowest BCUT2D eigenvalue weighted by Crippen LogP contribution is -2.11. The zero-order chi connectivity index (χ0) is 20.0. The van der Waals surface area contributed by atoms with Gasteiger partial charge in [0.15, 0.2) is 5.78 Å². The number of alkyl halides is 3. The van der Waals surface area contributed by atoms with E-state index in [0.717, 1.165) is 12.1 Å². The van der Waals surface area contributed by atoms with Gasteiger partial charge in [0.2, 0.25) is 5.91 Å². The number of carbonyl (C=O) groups excluding carboxylic acids is 2. The Labute approximate surface area is 160 Å². The second kappa shape index (κ2) is 9.04. The van der Waals surface area contributed by atoms with E-state index in [1.54, 1.807) is 24.3 Å². The molecule has 0 aliphatic rings. The highest BCUT2D eigenvalue weighted by molar-refractivity contribution is 6.30. The van der Waals surface area contributed by atoms with Crippen LogP contribution in [-0.4, -0.2) is 11.7 Å². The van der Waals surface area contributed by atoms with Crippen molar-refractivity contribution < 1.29 is 22.8 Å². The van der Waals surface area contributed by atoms with Crippen molar-refractivity contribution in [1.82, 2.24) is 0 Å². The van der Waals surface area contributed by atoms with E-state index in [-0.39, 0.29) is 30.1 Å². The lowest BCUT2D eigenvalue weighted by molar-refractivity contribution is -0.137. The van der Waals surface area contributed by atoms with Gasteiger partial charge < -0.3 is 5.32 Å². The molecule has 2 aromatic rings. The number of hydrogen-bond acceptors (Lipinski definition) is 2. The van der Waals surface area contributed by atoms with Gasteiger partial charge in [0.05, 0.1) is 5.56 Å². The molecule has 1 N–H and O–H groups in total. The number of amides is 1. The molecule has 2 rings (SSSR count). The summed E-state index contributed by atoms with van der Waals surface area (Å²) >= 11 is 5.77. The third-order valence-electron chi connectivity index (χ3n) is 3.91. The van der Waals surface area contributed by atoms with E-state index in [2.05, 4.69) is 5.32 Å². The Morgan fingerprint density at radius 1 is 1.00 bits per heavy atom. The van der Waals surface area contributed by atoms with Crippen LogP contribution < -0.4 is 5.32 Å². The van der Waals surface area contributed by atoms with Gasteiger partial charge in [0, 0.05) is 29.1 Å². The molecule has 0 unspecified atom stereocenters. The van der Waals surface area contributed by atoms with Gasteiger partial charge in [-0.3, -0.25) is 9.59 Å². The summed E-state index contributed by atoms with van der Waals surface area (Å²) in [6, 6.07) is 10.0. The molecule has 0 aliphatic carbocycles. The first-order valence-electron chi connectivity index (χ1n) is 8.42. The Balaban J connectivity index is 1.81. The van der Waals surface area contributed by atoms with Crippen LogP contribution in [0, 0.1) is 6.92 Å². The van der Waals surface area contributed by atoms with Crippen LogP contribution in [0.3, 0.4) is 0 Å². The second-order valence-corrected chi connectivity index (χ2v) is 6.71. The molecule has 2 aromatic carbocycles. The summed E-state index contributed by atoms with van der Waals surface area (Å²) in [4.78, 5) is 24.0. The van der Waals surface area contributed by atoms with Crippen LogP contribution in [0.25, 0.3) is 0 Å². The molecule has 0 heterocycles. The minimum absolute atomic E-state index is 0.0490. The van der Waals surface area contributed by atoms with E-state index < -0.39 is 11.7 Å². The molecular formula is C20H19ClF3NO2. The van der Waals surface area contributed by atoms with Gasteiger partial charge in [-0.25, -0.2) is 0 Å². The van der Waals surface area contributed by atoms with Crippen molar-refractivity contribution in [1.29, 1.82) is 0 Å².